The third kappa shape index (κ3) is 5.50. The van der Waals surface area contributed by atoms with Crippen LogP contribution in [0.25, 0.3) is 0 Å². The quantitative estimate of drug-likeness (QED) is 0.704. The van der Waals surface area contributed by atoms with Crippen LogP contribution >= 0.6 is 0 Å². The Balaban J connectivity index is 2.68. The zero-order valence-corrected chi connectivity index (χ0v) is 12.6. The summed E-state index contributed by atoms with van der Waals surface area (Å²) in [5, 5.41) is 12.0. The summed E-state index contributed by atoms with van der Waals surface area (Å²) in [5.74, 6) is 2.13. The van der Waals surface area contributed by atoms with Crippen LogP contribution < -0.4 is 14.8 Å². The Hall–Kier alpha value is -1.73. The molecule has 0 radical (unpaired) electrons. The van der Waals surface area contributed by atoms with Crippen LogP contribution in [0.3, 0.4) is 0 Å². The lowest BCUT2D eigenvalue weighted by atomic mass is 10.1. The van der Waals surface area contributed by atoms with Crippen molar-refractivity contribution in [3.63, 3.8) is 0 Å². The number of methoxy groups -OCH3 is 1. The van der Waals surface area contributed by atoms with Crippen LogP contribution in [0, 0.1) is 17.2 Å². The van der Waals surface area contributed by atoms with Gasteiger partial charge in [0.1, 0.15) is 0 Å². The number of unbranched alkanes of at least 4 members (excludes halogenated alkanes) is 1. The fourth-order valence-corrected chi connectivity index (χ4v) is 1.85. The summed E-state index contributed by atoms with van der Waals surface area (Å²) in [6, 6.07) is 8.02. The third-order valence-corrected chi connectivity index (χ3v) is 2.83. The molecule has 20 heavy (non-hydrogen) atoms. The van der Waals surface area contributed by atoms with E-state index in [-0.39, 0.29) is 0 Å². The molecular weight excluding hydrogens is 252 g/mol. The number of nitriles is 1. The van der Waals surface area contributed by atoms with E-state index in [0.717, 1.165) is 36.6 Å². The van der Waals surface area contributed by atoms with Gasteiger partial charge in [0, 0.05) is 18.5 Å². The van der Waals surface area contributed by atoms with Crippen molar-refractivity contribution in [1.82, 2.24) is 5.32 Å². The number of hydrogen-bond acceptors (Lipinski definition) is 4. The summed E-state index contributed by atoms with van der Waals surface area (Å²) in [4.78, 5) is 0. The molecule has 1 aromatic rings. The van der Waals surface area contributed by atoms with Crippen molar-refractivity contribution in [2.24, 2.45) is 5.92 Å². The van der Waals surface area contributed by atoms with E-state index in [2.05, 4.69) is 25.2 Å². The minimum absolute atomic E-state index is 0.510. The summed E-state index contributed by atoms with van der Waals surface area (Å²) < 4.78 is 11.2. The standard InChI is InChI=1S/C16H24N2O2/c1-13(2)11-18-12-14-7-6-8-15(19-3)16(14)20-10-5-4-9-17/h6-8,13,18H,4-5,10-12H2,1-3H3. The van der Waals surface area contributed by atoms with Gasteiger partial charge in [-0.1, -0.05) is 26.0 Å². The number of rotatable bonds is 9. The van der Waals surface area contributed by atoms with Crippen LogP contribution in [0.5, 0.6) is 11.5 Å². The smallest absolute Gasteiger partial charge is 0.165 e. The molecule has 1 N–H and O–H groups in total. The highest BCUT2D eigenvalue weighted by Crippen LogP contribution is 2.31. The summed E-state index contributed by atoms with van der Waals surface area (Å²) in [7, 11) is 1.64. The van der Waals surface area contributed by atoms with Crippen molar-refractivity contribution in [2.75, 3.05) is 20.3 Å². The molecule has 0 aliphatic heterocycles. The largest absolute Gasteiger partial charge is 0.493 e. The maximum atomic E-state index is 8.55. The molecule has 0 unspecified atom stereocenters. The van der Waals surface area contributed by atoms with Crippen molar-refractivity contribution in [3.8, 4) is 17.6 Å². The van der Waals surface area contributed by atoms with Crippen molar-refractivity contribution >= 4 is 0 Å². The van der Waals surface area contributed by atoms with E-state index < -0.39 is 0 Å². The highest BCUT2D eigenvalue weighted by atomic mass is 16.5. The zero-order chi connectivity index (χ0) is 14.8. The summed E-state index contributed by atoms with van der Waals surface area (Å²) in [6.45, 7) is 6.61. The molecule has 1 rings (SSSR count). The van der Waals surface area contributed by atoms with E-state index in [1.165, 1.54) is 0 Å². The van der Waals surface area contributed by atoms with Crippen LogP contribution in [-0.2, 0) is 6.54 Å². The van der Waals surface area contributed by atoms with Crippen LogP contribution in [-0.4, -0.2) is 20.3 Å². The first-order chi connectivity index (χ1) is 9.69. The van der Waals surface area contributed by atoms with Gasteiger partial charge in [0.2, 0.25) is 0 Å². The second-order valence-electron chi connectivity index (χ2n) is 5.08. The molecule has 0 aliphatic rings. The average Bonchev–Trinajstić information content (AvgIpc) is 2.44. The van der Waals surface area contributed by atoms with E-state index in [9.17, 15) is 0 Å². The molecule has 0 fully saturated rings. The average molecular weight is 276 g/mol. The third-order valence-electron chi connectivity index (χ3n) is 2.83. The van der Waals surface area contributed by atoms with Crippen LogP contribution in [0.4, 0.5) is 0 Å². The number of para-hydroxylation sites is 1. The number of ether oxygens (including phenoxy) is 2. The Morgan fingerprint density at radius 3 is 2.80 bits per heavy atom. The molecule has 0 saturated heterocycles. The van der Waals surface area contributed by atoms with Gasteiger partial charge in [-0.05, 0) is 24.9 Å². The molecule has 0 spiro atoms. The number of benzene rings is 1. The molecule has 0 atom stereocenters. The van der Waals surface area contributed by atoms with E-state index in [0.29, 0.717) is 18.9 Å². The Morgan fingerprint density at radius 2 is 2.15 bits per heavy atom. The highest BCUT2D eigenvalue weighted by molar-refractivity contribution is 5.46. The SMILES string of the molecule is COc1cccc(CNCC(C)C)c1OCCCC#N. The van der Waals surface area contributed by atoms with E-state index in [4.69, 9.17) is 14.7 Å². The Labute approximate surface area is 121 Å². The fraction of sp³-hybridized carbons (Fsp3) is 0.562. The number of hydrogen-bond donors (Lipinski definition) is 1. The Kier molecular flexibility index (Phi) is 7.52. The van der Waals surface area contributed by atoms with Gasteiger partial charge in [0.25, 0.3) is 0 Å². The first kappa shape index (κ1) is 16.3. The minimum Gasteiger partial charge on any atom is -0.493 e. The fourth-order valence-electron chi connectivity index (χ4n) is 1.85. The summed E-state index contributed by atoms with van der Waals surface area (Å²) in [5.41, 5.74) is 1.09. The number of nitrogens with zero attached hydrogens (tertiary/aromatic N) is 1. The zero-order valence-electron chi connectivity index (χ0n) is 12.6. The lowest BCUT2D eigenvalue weighted by Crippen LogP contribution is -2.19. The van der Waals surface area contributed by atoms with Crippen molar-refractivity contribution in [1.29, 1.82) is 5.26 Å². The van der Waals surface area contributed by atoms with E-state index in [1.807, 2.05) is 18.2 Å². The summed E-state index contributed by atoms with van der Waals surface area (Å²) >= 11 is 0. The van der Waals surface area contributed by atoms with Gasteiger partial charge in [0.05, 0.1) is 19.8 Å². The number of nitrogens with one attached hydrogen (secondary N) is 1. The van der Waals surface area contributed by atoms with Crippen molar-refractivity contribution in [3.05, 3.63) is 23.8 Å². The molecule has 0 heterocycles. The first-order valence-corrected chi connectivity index (χ1v) is 7.05. The predicted molar refractivity (Wildman–Crippen MR) is 79.9 cm³/mol. The molecule has 4 heteroatoms. The molecule has 0 amide bonds. The van der Waals surface area contributed by atoms with Gasteiger partial charge in [-0.2, -0.15) is 5.26 Å². The van der Waals surface area contributed by atoms with Gasteiger partial charge in [-0.3, -0.25) is 0 Å². The second kappa shape index (κ2) is 9.22. The summed E-state index contributed by atoms with van der Waals surface area (Å²) in [6.07, 6.45) is 1.24. The van der Waals surface area contributed by atoms with Gasteiger partial charge >= 0.3 is 0 Å². The molecule has 110 valence electrons. The van der Waals surface area contributed by atoms with Crippen molar-refractivity contribution < 1.29 is 9.47 Å². The topological polar surface area (TPSA) is 54.3 Å². The molecule has 4 nitrogen and oxygen atoms in total. The van der Waals surface area contributed by atoms with E-state index >= 15 is 0 Å². The van der Waals surface area contributed by atoms with Crippen LogP contribution in [0.15, 0.2) is 18.2 Å². The second-order valence-corrected chi connectivity index (χ2v) is 5.08. The Morgan fingerprint density at radius 1 is 1.35 bits per heavy atom. The van der Waals surface area contributed by atoms with E-state index in [1.54, 1.807) is 7.11 Å². The molecule has 1 aromatic carbocycles. The monoisotopic (exact) mass is 276 g/mol. The van der Waals surface area contributed by atoms with Gasteiger partial charge in [0.15, 0.2) is 11.5 Å². The Bertz CT molecular complexity index is 439. The predicted octanol–water partition coefficient (Wildman–Crippen LogP) is 3.12. The van der Waals surface area contributed by atoms with Gasteiger partial charge < -0.3 is 14.8 Å². The van der Waals surface area contributed by atoms with Crippen LogP contribution in [0.1, 0.15) is 32.3 Å². The normalized spacial score (nSPS) is 10.3. The van der Waals surface area contributed by atoms with Gasteiger partial charge in [-0.15, -0.1) is 0 Å². The maximum absolute atomic E-state index is 8.55. The van der Waals surface area contributed by atoms with Crippen LogP contribution in [0.2, 0.25) is 0 Å². The molecule has 0 aliphatic carbocycles. The molecule has 0 aromatic heterocycles. The first-order valence-electron chi connectivity index (χ1n) is 7.05. The molecule has 0 bridgehead atoms. The van der Waals surface area contributed by atoms with Gasteiger partial charge in [-0.25, -0.2) is 0 Å². The minimum atomic E-state index is 0.510. The lowest BCUT2D eigenvalue weighted by Gasteiger charge is -2.15. The lowest BCUT2D eigenvalue weighted by molar-refractivity contribution is 0.287. The molecule has 0 saturated carbocycles. The van der Waals surface area contributed by atoms with Crippen molar-refractivity contribution in [2.45, 2.75) is 33.2 Å². The molecular formula is C16H24N2O2. The highest BCUT2D eigenvalue weighted by Gasteiger charge is 2.10. The maximum Gasteiger partial charge on any atom is 0.165 e.